The molecule has 0 aromatic rings. The second-order valence-electron chi connectivity index (χ2n) is 6.29. The summed E-state index contributed by atoms with van der Waals surface area (Å²) in [5, 5.41) is 19.0. The van der Waals surface area contributed by atoms with Crippen LogP contribution >= 0.6 is 0 Å². The van der Waals surface area contributed by atoms with Gasteiger partial charge in [0.15, 0.2) is 0 Å². The topological polar surface area (TPSA) is 107 Å². The molecule has 0 fully saturated rings. The van der Waals surface area contributed by atoms with Crippen LogP contribution in [0.5, 0.6) is 0 Å². The Hall–Kier alpha value is -0.250. The van der Waals surface area contributed by atoms with Gasteiger partial charge in [-0.25, -0.2) is 4.18 Å². The highest BCUT2D eigenvalue weighted by Crippen LogP contribution is 2.12. The first kappa shape index (κ1) is 23.8. The van der Waals surface area contributed by atoms with Crippen LogP contribution in [0.4, 0.5) is 0 Å². The molecule has 24 heavy (non-hydrogen) atoms. The van der Waals surface area contributed by atoms with E-state index in [0.717, 1.165) is 38.5 Å². The molecule has 0 aliphatic carbocycles. The molecule has 0 aromatic carbocycles. The quantitative estimate of drug-likeness (QED) is 0.218. The fourth-order valence-electron chi connectivity index (χ4n) is 2.66. The Kier molecular flexibility index (Phi) is 13.8. The molecule has 0 rings (SSSR count). The summed E-state index contributed by atoms with van der Waals surface area (Å²) in [6.07, 6.45) is 9.28. The van der Waals surface area contributed by atoms with Crippen molar-refractivity contribution in [1.29, 1.82) is 0 Å². The van der Waals surface area contributed by atoms with Crippen LogP contribution in [0.3, 0.4) is 0 Å². The van der Waals surface area contributed by atoms with Crippen molar-refractivity contribution in [3.8, 4) is 0 Å². The van der Waals surface area contributed by atoms with Gasteiger partial charge in [0.2, 0.25) is 0 Å². The fraction of sp³-hybridized carbons (Fsp3) is 1.00. The Bertz CT molecular complexity index is 378. The van der Waals surface area contributed by atoms with Crippen molar-refractivity contribution in [2.75, 3.05) is 13.2 Å². The predicted octanol–water partition coefficient (Wildman–Crippen LogP) is 2.69. The summed E-state index contributed by atoms with van der Waals surface area (Å²) >= 11 is 0. The number of rotatable bonds is 16. The Morgan fingerprint density at radius 2 is 1.17 bits per heavy atom. The average Bonchev–Trinajstić information content (AvgIpc) is 2.45. The van der Waals surface area contributed by atoms with E-state index in [1.807, 2.05) is 0 Å². The van der Waals surface area contributed by atoms with Gasteiger partial charge in [-0.3, -0.25) is 9.45 Å². The summed E-state index contributed by atoms with van der Waals surface area (Å²) in [6, 6.07) is 0. The Labute approximate surface area is 147 Å². The molecule has 0 aromatic heterocycles. The molecular formula is C16H35NO6S. The molecule has 0 amide bonds. The van der Waals surface area contributed by atoms with E-state index >= 15 is 0 Å². The lowest BCUT2D eigenvalue weighted by Gasteiger charge is -2.27. The molecular weight excluding hydrogens is 334 g/mol. The fourth-order valence-corrected chi connectivity index (χ4v) is 2.99. The van der Waals surface area contributed by atoms with E-state index in [-0.39, 0.29) is 6.61 Å². The average molecular weight is 370 g/mol. The maximum Gasteiger partial charge on any atom is 0.397 e. The molecule has 7 nitrogen and oxygen atoms in total. The van der Waals surface area contributed by atoms with Crippen LogP contribution in [0.25, 0.3) is 0 Å². The van der Waals surface area contributed by atoms with Gasteiger partial charge in [0.25, 0.3) is 0 Å². The molecule has 3 N–H and O–H groups in total. The van der Waals surface area contributed by atoms with Crippen LogP contribution in [0.1, 0.15) is 78.1 Å². The van der Waals surface area contributed by atoms with E-state index in [9.17, 15) is 18.6 Å². The number of unbranched alkanes of at least 4 members (excludes halogenated alkanes) is 9. The van der Waals surface area contributed by atoms with Crippen molar-refractivity contribution >= 4 is 10.4 Å². The number of hydrogen-bond donors (Lipinski definition) is 3. The van der Waals surface area contributed by atoms with E-state index in [0.29, 0.717) is 13.0 Å². The predicted molar refractivity (Wildman–Crippen MR) is 93.7 cm³/mol. The Balaban J connectivity index is 3.31. The summed E-state index contributed by atoms with van der Waals surface area (Å²) in [7, 11) is -4.28. The van der Waals surface area contributed by atoms with Gasteiger partial charge >= 0.3 is 10.4 Å². The zero-order chi connectivity index (χ0) is 18.4. The molecule has 2 unspecified atom stereocenters. The van der Waals surface area contributed by atoms with Gasteiger partial charge in [-0.15, -0.1) is 0 Å². The molecule has 0 radical (unpaired) electrons. The van der Waals surface area contributed by atoms with Gasteiger partial charge in [-0.05, 0) is 26.7 Å². The molecule has 8 heteroatoms. The smallest absolute Gasteiger partial charge is 0.379 e. The van der Waals surface area contributed by atoms with Crippen molar-refractivity contribution < 1.29 is 27.4 Å². The van der Waals surface area contributed by atoms with Gasteiger partial charge in [0, 0.05) is 6.54 Å². The zero-order valence-electron chi connectivity index (χ0n) is 15.1. The first-order chi connectivity index (χ1) is 11.2. The maximum atomic E-state index is 10.3. The van der Waals surface area contributed by atoms with Crippen LogP contribution in [-0.2, 0) is 14.6 Å². The minimum absolute atomic E-state index is 0.0504. The summed E-state index contributed by atoms with van der Waals surface area (Å²) in [4.78, 5) is 1.67. The van der Waals surface area contributed by atoms with Crippen LogP contribution in [0.15, 0.2) is 0 Å². The molecule has 0 saturated carbocycles. The molecule has 146 valence electrons. The van der Waals surface area contributed by atoms with Gasteiger partial charge in [0.05, 0.1) is 6.61 Å². The van der Waals surface area contributed by atoms with Crippen molar-refractivity contribution in [3.05, 3.63) is 0 Å². The molecule has 0 aliphatic heterocycles. The third-order valence-corrected chi connectivity index (χ3v) is 4.47. The number of aliphatic hydroxyl groups excluding tert-OH is 2. The summed E-state index contributed by atoms with van der Waals surface area (Å²) in [5.41, 5.74) is 0. The van der Waals surface area contributed by atoms with E-state index in [4.69, 9.17) is 4.55 Å². The minimum Gasteiger partial charge on any atom is -0.379 e. The summed E-state index contributed by atoms with van der Waals surface area (Å²) in [6.45, 7) is 4.10. The van der Waals surface area contributed by atoms with Gasteiger partial charge in [0.1, 0.15) is 12.5 Å². The zero-order valence-corrected chi connectivity index (χ0v) is 15.9. The molecule has 0 saturated heterocycles. The van der Waals surface area contributed by atoms with Crippen LogP contribution < -0.4 is 0 Å². The number of hydrogen-bond acceptors (Lipinski definition) is 6. The van der Waals surface area contributed by atoms with Gasteiger partial charge < -0.3 is 10.2 Å². The Morgan fingerprint density at radius 3 is 1.54 bits per heavy atom. The summed E-state index contributed by atoms with van der Waals surface area (Å²) < 4.78 is 33.3. The summed E-state index contributed by atoms with van der Waals surface area (Å²) in [5.74, 6) is 0. The minimum atomic E-state index is -4.28. The third kappa shape index (κ3) is 15.3. The lowest BCUT2D eigenvalue weighted by molar-refractivity contribution is -0.0844. The van der Waals surface area contributed by atoms with E-state index in [1.54, 1.807) is 18.7 Å². The van der Waals surface area contributed by atoms with E-state index in [1.165, 1.54) is 19.3 Å². The maximum absolute atomic E-state index is 10.3. The number of aliphatic hydroxyl groups is 2. The highest BCUT2D eigenvalue weighted by atomic mass is 32.3. The van der Waals surface area contributed by atoms with E-state index < -0.39 is 22.9 Å². The van der Waals surface area contributed by atoms with Crippen molar-refractivity contribution in [2.45, 2.75) is 90.5 Å². The Morgan fingerprint density at radius 1 is 0.792 bits per heavy atom. The van der Waals surface area contributed by atoms with Crippen LogP contribution in [0.2, 0.25) is 0 Å². The molecule has 0 aliphatic rings. The molecule has 0 spiro atoms. The SMILES string of the molecule is CC(O)N(CCCCCCCCCCCCOS(=O)(=O)O)C(C)O. The second-order valence-corrected chi connectivity index (χ2v) is 7.38. The molecule has 0 heterocycles. The van der Waals surface area contributed by atoms with Crippen LogP contribution in [-0.4, -0.2) is 53.7 Å². The van der Waals surface area contributed by atoms with Crippen molar-refractivity contribution in [2.24, 2.45) is 0 Å². The highest BCUT2D eigenvalue weighted by molar-refractivity contribution is 7.80. The van der Waals surface area contributed by atoms with Crippen molar-refractivity contribution in [3.63, 3.8) is 0 Å². The monoisotopic (exact) mass is 369 g/mol. The van der Waals surface area contributed by atoms with E-state index in [2.05, 4.69) is 4.18 Å². The molecule has 2 atom stereocenters. The largest absolute Gasteiger partial charge is 0.397 e. The lowest BCUT2D eigenvalue weighted by Crippen LogP contribution is -2.40. The van der Waals surface area contributed by atoms with Gasteiger partial charge in [-0.2, -0.15) is 8.42 Å². The number of nitrogens with zero attached hydrogens (tertiary/aromatic N) is 1. The van der Waals surface area contributed by atoms with Gasteiger partial charge in [-0.1, -0.05) is 51.4 Å². The highest BCUT2D eigenvalue weighted by Gasteiger charge is 2.14. The normalized spacial score (nSPS) is 14.9. The lowest BCUT2D eigenvalue weighted by atomic mass is 10.1. The first-order valence-corrected chi connectivity index (χ1v) is 10.3. The first-order valence-electron chi connectivity index (χ1n) is 8.97. The van der Waals surface area contributed by atoms with Crippen molar-refractivity contribution in [1.82, 2.24) is 4.90 Å². The molecule has 0 bridgehead atoms. The standard InChI is InChI=1S/C16H35NO6S/c1-15(18)17(16(2)19)13-11-9-7-5-3-4-6-8-10-12-14-23-24(20,21)22/h15-16,18-19H,3-14H2,1-2H3,(H,20,21,22). The van der Waals surface area contributed by atoms with Crippen LogP contribution in [0, 0.1) is 0 Å². The third-order valence-electron chi connectivity index (χ3n) is 4.00. The second kappa shape index (κ2) is 14.0.